The van der Waals surface area contributed by atoms with Gasteiger partial charge in [0.2, 0.25) is 0 Å². The zero-order chi connectivity index (χ0) is 13.1. The lowest BCUT2D eigenvalue weighted by Gasteiger charge is -2.07. The minimum Gasteiger partial charge on any atom is -0.478 e. The minimum atomic E-state index is -1.16. The lowest BCUT2D eigenvalue weighted by molar-refractivity contribution is 0.0698. The fourth-order valence-corrected chi connectivity index (χ4v) is 1.47. The number of methoxy groups -OCH3 is 1. The number of carboxylic acid groups (broad SMARTS) is 1. The van der Waals surface area contributed by atoms with Crippen LogP contribution in [0.1, 0.15) is 10.4 Å². The van der Waals surface area contributed by atoms with Gasteiger partial charge in [0.05, 0.1) is 12.8 Å². The highest BCUT2D eigenvalue weighted by molar-refractivity contribution is 5.99. The van der Waals surface area contributed by atoms with E-state index < -0.39 is 5.97 Å². The predicted molar refractivity (Wildman–Crippen MR) is 63.2 cm³/mol. The molecular weight excluding hydrogens is 236 g/mol. The van der Waals surface area contributed by atoms with Crippen molar-refractivity contribution in [3.05, 3.63) is 30.1 Å². The number of anilines is 1. The number of carboxylic acids is 1. The number of hydrogen-bond acceptors (Lipinski definition) is 6. The molecule has 0 radical (unpaired) electrons. The molecule has 7 nitrogen and oxygen atoms in total. The number of aromatic carboxylic acids is 1. The van der Waals surface area contributed by atoms with Gasteiger partial charge in [0.1, 0.15) is 11.3 Å². The van der Waals surface area contributed by atoms with Crippen LogP contribution in [0.4, 0.5) is 5.69 Å². The monoisotopic (exact) mass is 246 g/mol. The molecule has 2 aromatic heterocycles. The van der Waals surface area contributed by atoms with E-state index in [1.807, 2.05) is 0 Å². The Labute approximate surface area is 102 Å². The van der Waals surface area contributed by atoms with E-state index in [9.17, 15) is 4.79 Å². The van der Waals surface area contributed by atoms with Gasteiger partial charge in [-0.3, -0.25) is 4.98 Å². The first-order chi connectivity index (χ1) is 8.63. The Kier molecular flexibility index (Phi) is 3.05. The van der Waals surface area contributed by atoms with Gasteiger partial charge >= 0.3 is 12.0 Å². The number of hydrogen-bond donors (Lipinski definition) is 2. The second kappa shape index (κ2) is 4.66. The summed E-state index contributed by atoms with van der Waals surface area (Å²) in [7, 11) is 1.42. The van der Waals surface area contributed by atoms with Gasteiger partial charge in [-0.05, 0) is 12.1 Å². The minimum absolute atomic E-state index is 0.0850. The van der Waals surface area contributed by atoms with Gasteiger partial charge in [-0.2, -0.15) is 4.98 Å². The van der Waals surface area contributed by atoms with Gasteiger partial charge in [0, 0.05) is 18.1 Å². The van der Waals surface area contributed by atoms with Crippen LogP contribution in [0.3, 0.4) is 0 Å². The van der Waals surface area contributed by atoms with E-state index >= 15 is 0 Å². The number of nitrogen functional groups attached to an aromatic ring is 1. The molecule has 7 heteroatoms. The average molecular weight is 246 g/mol. The molecule has 2 aromatic rings. The number of rotatable bonds is 3. The Hall–Kier alpha value is -2.70. The summed E-state index contributed by atoms with van der Waals surface area (Å²) in [5.74, 6) is -1.16. The molecule has 0 spiro atoms. The summed E-state index contributed by atoms with van der Waals surface area (Å²) >= 11 is 0. The van der Waals surface area contributed by atoms with Gasteiger partial charge in [0.15, 0.2) is 0 Å². The van der Waals surface area contributed by atoms with Crippen molar-refractivity contribution in [3.63, 3.8) is 0 Å². The quantitative estimate of drug-likeness (QED) is 0.824. The second-order valence-corrected chi connectivity index (χ2v) is 3.36. The van der Waals surface area contributed by atoms with E-state index in [4.69, 9.17) is 15.6 Å². The Morgan fingerprint density at radius 3 is 2.72 bits per heavy atom. The molecular formula is C11H10N4O3. The van der Waals surface area contributed by atoms with Crippen LogP contribution in [0, 0.1) is 0 Å². The molecule has 0 aromatic carbocycles. The van der Waals surface area contributed by atoms with E-state index in [-0.39, 0.29) is 23.0 Å². The number of aromatic nitrogens is 3. The highest BCUT2D eigenvalue weighted by Gasteiger charge is 2.18. The van der Waals surface area contributed by atoms with Crippen molar-refractivity contribution < 1.29 is 14.6 Å². The Morgan fingerprint density at radius 1 is 1.33 bits per heavy atom. The third kappa shape index (κ3) is 2.05. The fraction of sp³-hybridized carbons (Fsp3) is 0.0909. The lowest BCUT2D eigenvalue weighted by atomic mass is 10.1. The van der Waals surface area contributed by atoms with Crippen LogP contribution >= 0.6 is 0 Å². The summed E-state index contributed by atoms with van der Waals surface area (Å²) in [6, 6.07) is 3.09. The molecule has 0 fully saturated rings. The van der Waals surface area contributed by atoms with E-state index in [0.29, 0.717) is 5.69 Å². The average Bonchev–Trinajstić information content (AvgIpc) is 2.38. The molecule has 0 saturated carbocycles. The number of carbonyl (C=O) groups is 1. The van der Waals surface area contributed by atoms with Gasteiger partial charge in [-0.1, -0.05) is 0 Å². The van der Waals surface area contributed by atoms with Crippen molar-refractivity contribution in [1.82, 2.24) is 15.0 Å². The Morgan fingerprint density at radius 2 is 2.06 bits per heavy atom. The summed E-state index contributed by atoms with van der Waals surface area (Å²) < 4.78 is 4.88. The lowest BCUT2D eigenvalue weighted by Crippen LogP contribution is -2.07. The standard InChI is InChI=1S/C11H10N4O3/c1-18-11-14-5-3-7(15-11)9-8(10(16)17)6(12)2-4-13-9/h2-5H,1H3,(H2,12,13)(H,16,17). The third-order valence-corrected chi connectivity index (χ3v) is 2.26. The number of ether oxygens (including phenoxy) is 1. The molecule has 92 valence electrons. The van der Waals surface area contributed by atoms with Crippen LogP contribution in [-0.4, -0.2) is 33.1 Å². The van der Waals surface area contributed by atoms with Crippen molar-refractivity contribution in [2.45, 2.75) is 0 Å². The van der Waals surface area contributed by atoms with Gasteiger partial charge < -0.3 is 15.6 Å². The summed E-state index contributed by atoms with van der Waals surface area (Å²) in [5.41, 5.74) is 6.20. The first-order valence-electron chi connectivity index (χ1n) is 4.98. The summed E-state index contributed by atoms with van der Waals surface area (Å²) in [6.07, 6.45) is 2.88. The van der Waals surface area contributed by atoms with Crippen LogP contribution < -0.4 is 10.5 Å². The SMILES string of the molecule is COc1nccc(-c2nccc(N)c2C(=O)O)n1. The van der Waals surface area contributed by atoms with Crippen LogP contribution in [0.2, 0.25) is 0 Å². The molecule has 0 amide bonds. The maximum absolute atomic E-state index is 11.2. The van der Waals surface area contributed by atoms with Gasteiger partial charge in [-0.25, -0.2) is 9.78 Å². The molecule has 0 saturated heterocycles. The molecule has 18 heavy (non-hydrogen) atoms. The molecule has 0 aliphatic rings. The number of nitrogens with two attached hydrogens (primary N) is 1. The van der Waals surface area contributed by atoms with Crippen molar-refractivity contribution in [2.24, 2.45) is 0 Å². The zero-order valence-electron chi connectivity index (χ0n) is 9.49. The fourth-order valence-electron chi connectivity index (χ4n) is 1.47. The number of pyridine rings is 1. The third-order valence-electron chi connectivity index (χ3n) is 2.26. The smallest absolute Gasteiger partial charge is 0.340 e. The van der Waals surface area contributed by atoms with Crippen molar-refractivity contribution in [3.8, 4) is 17.4 Å². The second-order valence-electron chi connectivity index (χ2n) is 3.36. The van der Waals surface area contributed by atoms with Gasteiger partial charge in [0.25, 0.3) is 0 Å². The topological polar surface area (TPSA) is 111 Å². The molecule has 0 aliphatic carbocycles. The van der Waals surface area contributed by atoms with Crippen LogP contribution in [-0.2, 0) is 0 Å². The molecule has 3 N–H and O–H groups in total. The molecule has 0 atom stereocenters. The first-order valence-corrected chi connectivity index (χ1v) is 4.98. The summed E-state index contributed by atoms with van der Waals surface area (Å²) in [5, 5.41) is 9.14. The number of nitrogens with zero attached hydrogens (tertiary/aromatic N) is 3. The van der Waals surface area contributed by atoms with Crippen LogP contribution in [0.15, 0.2) is 24.5 Å². The molecule has 2 rings (SSSR count). The van der Waals surface area contributed by atoms with Crippen molar-refractivity contribution >= 4 is 11.7 Å². The van der Waals surface area contributed by atoms with E-state index in [0.717, 1.165) is 0 Å². The first kappa shape index (κ1) is 11.8. The maximum Gasteiger partial charge on any atom is 0.340 e. The van der Waals surface area contributed by atoms with E-state index in [1.54, 1.807) is 0 Å². The Balaban J connectivity index is 2.63. The van der Waals surface area contributed by atoms with Gasteiger partial charge in [-0.15, -0.1) is 0 Å². The molecule has 0 bridgehead atoms. The zero-order valence-corrected chi connectivity index (χ0v) is 9.49. The molecule has 2 heterocycles. The maximum atomic E-state index is 11.2. The molecule has 0 unspecified atom stereocenters. The Bertz CT molecular complexity index is 601. The summed E-state index contributed by atoms with van der Waals surface area (Å²) in [4.78, 5) is 23.0. The molecule has 0 aliphatic heterocycles. The highest BCUT2D eigenvalue weighted by Crippen LogP contribution is 2.24. The summed E-state index contributed by atoms with van der Waals surface area (Å²) in [6.45, 7) is 0. The van der Waals surface area contributed by atoms with Crippen molar-refractivity contribution in [1.29, 1.82) is 0 Å². The van der Waals surface area contributed by atoms with Crippen molar-refractivity contribution in [2.75, 3.05) is 12.8 Å². The largest absolute Gasteiger partial charge is 0.478 e. The van der Waals surface area contributed by atoms with E-state index in [2.05, 4.69) is 15.0 Å². The van der Waals surface area contributed by atoms with Crippen LogP contribution in [0.5, 0.6) is 6.01 Å². The normalized spacial score (nSPS) is 10.1. The highest BCUT2D eigenvalue weighted by atomic mass is 16.5. The van der Waals surface area contributed by atoms with Crippen LogP contribution in [0.25, 0.3) is 11.4 Å². The predicted octanol–water partition coefficient (Wildman–Crippen LogP) is 0.828. The van der Waals surface area contributed by atoms with E-state index in [1.165, 1.54) is 31.6 Å².